The predicted octanol–water partition coefficient (Wildman–Crippen LogP) is -0.00810. The summed E-state index contributed by atoms with van der Waals surface area (Å²) in [6.45, 7) is 3.44. The number of carbonyl (C=O) groups is 1. The van der Waals surface area contributed by atoms with E-state index in [-0.39, 0.29) is 11.7 Å². The summed E-state index contributed by atoms with van der Waals surface area (Å²) in [5, 5.41) is 12.9. The van der Waals surface area contributed by atoms with Crippen LogP contribution in [0.1, 0.15) is 24.0 Å². The Balaban J connectivity index is 2.07. The first-order valence-electron chi connectivity index (χ1n) is 4.46. The number of H-pyrrole nitrogens is 1. The smallest absolute Gasteiger partial charge is 0.295 e. The van der Waals surface area contributed by atoms with Crippen LogP contribution in [0.3, 0.4) is 0 Å². The predicted molar refractivity (Wildman–Crippen MR) is 48.5 cm³/mol. The molecule has 0 aliphatic carbocycles. The second kappa shape index (κ2) is 3.57. The van der Waals surface area contributed by atoms with Gasteiger partial charge in [0.05, 0.1) is 0 Å². The molecule has 1 amide bonds. The first-order valence-corrected chi connectivity index (χ1v) is 4.46. The molecule has 0 atom stereocenters. The lowest BCUT2D eigenvalue weighted by Gasteiger charge is -2.23. The van der Waals surface area contributed by atoms with Gasteiger partial charge in [-0.2, -0.15) is 5.21 Å². The number of nitrogens with one attached hydrogen (secondary N) is 1. The average Bonchev–Trinajstić information content (AvgIpc) is 2.71. The lowest BCUT2D eigenvalue weighted by molar-refractivity contribution is 0.0757. The fourth-order valence-corrected chi connectivity index (χ4v) is 1.35. The third-order valence-electron chi connectivity index (χ3n) is 2.26. The summed E-state index contributed by atoms with van der Waals surface area (Å²) >= 11 is 0. The molecule has 74 valence electrons. The third kappa shape index (κ3) is 1.63. The number of carbonyl (C=O) groups excluding carboxylic acids is 1. The van der Waals surface area contributed by atoms with E-state index in [0.717, 1.165) is 13.0 Å². The van der Waals surface area contributed by atoms with Crippen molar-refractivity contribution in [1.82, 2.24) is 25.5 Å². The second-order valence-electron chi connectivity index (χ2n) is 3.29. The van der Waals surface area contributed by atoms with E-state index in [2.05, 4.69) is 27.5 Å². The lowest BCUT2D eigenvalue weighted by Crippen LogP contribution is -2.35. The third-order valence-corrected chi connectivity index (χ3v) is 2.26. The molecule has 14 heavy (non-hydrogen) atoms. The molecule has 0 aromatic carbocycles. The van der Waals surface area contributed by atoms with Crippen molar-refractivity contribution < 1.29 is 4.79 Å². The minimum Gasteiger partial charge on any atom is -0.332 e. The van der Waals surface area contributed by atoms with Crippen molar-refractivity contribution in [1.29, 1.82) is 0 Å². The zero-order valence-electron chi connectivity index (χ0n) is 7.90. The van der Waals surface area contributed by atoms with Crippen LogP contribution < -0.4 is 0 Å². The minimum absolute atomic E-state index is 0.137. The first-order chi connectivity index (χ1) is 6.77. The van der Waals surface area contributed by atoms with Gasteiger partial charge in [0.25, 0.3) is 11.7 Å². The van der Waals surface area contributed by atoms with Crippen LogP contribution in [0.2, 0.25) is 0 Å². The normalized spacial score (nSPS) is 16.6. The number of hydrogen-bond donors (Lipinski definition) is 1. The Labute approximate surface area is 81.0 Å². The van der Waals surface area contributed by atoms with E-state index < -0.39 is 0 Å². The number of hydrogen-bond acceptors (Lipinski definition) is 4. The molecule has 0 radical (unpaired) electrons. The molecule has 0 bridgehead atoms. The van der Waals surface area contributed by atoms with Crippen LogP contribution in [0.25, 0.3) is 0 Å². The van der Waals surface area contributed by atoms with Gasteiger partial charge in [-0.1, -0.05) is 11.6 Å². The Kier molecular flexibility index (Phi) is 2.26. The van der Waals surface area contributed by atoms with Crippen molar-refractivity contribution in [2.45, 2.75) is 13.3 Å². The standard InChI is InChI=1S/C8H11N5O/c1-6-2-4-13(5-3-6)8(14)7-9-11-12-10-7/h2H,3-5H2,1H3,(H,9,10,11,12). The highest BCUT2D eigenvalue weighted by atomic mass is 16.2. The number of tetrazole rings is 1. The Morgan fingerprint density at radius 1 is 1.64 bits per heavy atom. The monoisotopic (exact) mass is 193 g/mol. The summed E-state index contributed by atoms with van der Waals surface area (Å²) in [6, 6.07) is 0. The van der Waals surface area contributed by atoms with Gasteiger partial charge >= 0.3 is 0 Å². The molecular formula is C8H11N5O. The molecule has 0 fully saturated rings. The number of amides is 1. The molecular weight excluding hydrogens is 182 g/mol. The maximum atomic E-state index is 11.7. The maximum Gasteiger partial charge on any atom is 0.295 e. The fourth-order valence-electron chi connectivity index (χ4n) is 1.35. The molecule has 2 rings (SSSR count). The van der Waals surface area contributed by atoms with Crippen LogP contribution in [0.15, 0.2) is 11.6 Å². The van der Waals surface area contributed by atoms with E-state index in [0.29, 0.717) is 6.54 Å². The van der Waals surface area contributed by atoms with Crippen molar-refractivity contribution in [3.05, 3.63) is 17.5 Å². The maximum absolute atomic E-state index is 11.7. The topological polar surface area (TPSA) is 74.8 Å². The molecule has 0 saturated carbocycles. The van der Waals surface area contributed by atoms with E-state index >= 15 is 0 Å². The summed E-state index contributed by atoms with van der Waals surface area (Å²) in [6.07, 6.45) is 2.96. The van der Waals surface area contributed by atoms with Gasteiger partial charge in [-0.25, -0.2) is 0 Å². The van der Waals surface area contributed by atoms with Crippen molar-refractivity contribution in [2.24, 2.45) is 0 Å². The van der Waals surface area contributed by atoms with E-state index in [4.69, 9.17) is 0 Å². The van der Waals surface area contributed by atoms with Crippen LogP contribution in [0, 0.1) is 0 Å². The summed E-state index contributed by atoms with van der Waals surface area (Å²) in [5.74, 6) is -0.0274. The summed E-state index contributed by atoms with van der Waals surface area (Å²) in [7, 11) is 0. The summed E-state index contributed by atoms with van der Waals surface area (Å²) in [4.78, 5) is 13.4. The zero-order valence-corrected chi connectivity index (χ0v) is 7.90. The molecule has 1 aliphatic heterocycles. The molecule has 2 heterocycles. The van der Waals surface area contributed by atoms with E-state index in [1.165, 1.54) is 5.57 Å². The molecule has 1 N–H and O–H groups in total. The van der Waals surface area contributed by atoms with Crippen molar-refractivity contribution >= 4 is 5.91 Å². The van der Waals surface area contributed by atoms with Gasteiger partial charge in [0.1, 0.15) is 0 Å². The van der Waals surface area contributed by atoms with Gasteiger partial charge in [-0.3, -0.25) is 4.79 Å². The Hall–Kier alpha value is -1.72. The van der Waals surface area contributed by atoms with Gasteiger partial charge in [0, 0.05) is 13.1 Å². The quantitative estimate of drug-likeness (QED) is 0.636. The molecule has 1 aromatic rings. The summed E-state index contributed by atoms with van der Waals surface area (Å²) in [5.41, 5.74) is 1.32. The number of rotatable bonds is 1. The Morgan fingerprint density at radius 2 is 2.50 bits per heavy atom. The lowest BCUT2D eigenvalue weighted by atomic mass is 10.1. The van der Waals surface area contributed by atoms with Crippen molar-refractivity contribution in [2.75, 3.05) is 13.1 Å². The molecule has 0 saturated heterocycles. The van der Waals surface area contributed by atoms with Gasteiger partial charge in [0.2, 0.25) is 0 Å². The minimum atomic E-state index is -0.164. The highest BCUT2D eigenvalue weighted by Gasteiger charge is 2.20. The second-order valence-corrected chi connectivity index (χ2v) is 3.29. The highest BCUT2D eigenvalue weighted by Crippen LogP contribution is 2.10. The van der Waals surface area contributed by atoms with Crippen LogP contribution in [-0.2, 0) is 0 Å². The number of aromatic amines is 1. The molecule has 1 aliphatic rings. The SMILES string of the molecule is CC1=CCN(C(=O)c2nn[nH]n2)CC1. The molecule has 6 heteroatoms. The van der Waals surface area contributed by atoms with Crippen LogP contribution in [-0.4, -0.2) is 44.5 Å². The molecule has 1 aromatic heterocycles. The number of aromatic nitrogens is 4. The van der Waals surface area contributed by atoms with E-state index in [1.807, 2.05) is 6.08 Å². The van der Waals surface area contributed by atoms with E-state index in [9.17, 15) is 4.79 Å². The zero-order chi connectivity index (χ0) is 9.97. The van der Waals surface area contributed by atoms with Crippen LogP contribution in [0.5, 0.6) is 0 Å². The van der Waals surface area contributed by atoms with Crippen molar-refractivity contribution in [3.63, 3.8) is 0 Å². The molecule has 0 spiro atoms. The number of nitrogens with zero attached hydrogens (tertiary/aromatic N) is 4. The fraction of sp³-hybridized carbons (Fsp3) is 0.500. The van der Waals surface area contributed by atoms with Crippen LogP contribution in [0.4, 0.5) is 0 Å². The Morgan fingerprint density at radius 3 is 3.07 bits per heavy atom. The van der Waals surface area contributed by atoms with Crippen LogP contribution >= 0.6 is 0 Å². The van der Waals surface area contributed by atoms with E-state index in [1.54, 1.807) is 4.90 Å². The first kappa shape index (κ1) is 8.86. The molecule has 0 unspecified atom stereocenters. The largest absolute Gasteiger partial charge is 0.332 e. The van der Waals surface area contributed by atoms with Gasteiger partial charge < -0.3 is 4.90 Å². The van der Waals surface area contributed by atoms with Gasteiger partial charge in [-0.15, -0.1) is 10.2 Å². The molecule has 6 nitrogen and oxygen atoms in total. The van der Waals surface area contributed by atoms with Crippen molar-refractivity contribution in [3.8, 4) is 0 Å². The van der Waals surface area contributed by atoms with Gasteiger partial charge in [0.15, 0.2) is 0 Å². The summed E-state index contributed by atoms with van der Waals surface area (Å²) < 4.78 is 0. The highest BCUT2D eigenvalue weighted by molar-refractivity contribution is 5.90. The van der Waals surface area contributed by atoms with Gasteiger partial charge in [-0.05, 0) is 18.6 Å². The average molecular weight is 193 g/mol. The Bertz CT molecular complexity index is 356.